The van der Waals surface area contributed by atoms with Crippen molar-refractivity contribution in [3.63, 3.8) is 0 Å². The molecule has 0 aliphatic heterocycles. The van der Waals surface area contributed by atoms with E-state index >= 15 is 0 Å². The second kappa shape index (κ2) is 6.35. The van der Waals surface area contributed by atoms with Crippen molar-refractivity contribution < 1.29 is 17.9 Å². The highest BCUT2D eigenvalue weighted by Gasteiger charge is 2.27. The summed E-state index contributed by atoms with van der Waals surface area (Å²) < 4.78 is 39.4. The minimum atomic E-state index is -4.08. The molecule has 1 N–H and O–H groups in total. The van der Waals surface area contributed by atoms with Gasteiger partial charge in [-0.25, -0.2) is 12.8 Å². The summed E-state index contributed by atoms with van der Waals surface area (Å²) in [5.74, 6) is 1.19. The molecule has 0 saturated heterocycles. The van der Waals surface area contributed by atoms with Crippen molar-refractivity contribution in [2.45, 2.75) is 18.4 Å². The van der Waals surface area contributed by atoms with E-state index in [2.05, 4.69) is 5.92 Å². The third kappa shape index (κ3) is 3.25. The van der Waals surface area contributed by atoms with Crippen molar-refractivity contribution >= 4 is 21.6 Å². The van der Waals surface area contributed by atoms with E-state index in [0.717, 1.165) is 10.4 Å². The lowest BCUT2D eigenvalue weighted by molar-refractivity contribution is 0.274. The molecule has 1 aromatic carbocycles. The van der Waals surface area contributed by atoms with E-state index in [-0.39, 0.29) is 23.7 Å². The van der Waals surface area contributed by atoms with Gasteiger partial charge in [0.05, 0.1) is 13.2 Å². The van der Waals surface area contributed by atoms with Gasteiger partial charge in [0.1, 0.15) is 10.7 Å². The highest BCUT2D eigenvalue weighted by atomic mass is 35.5. The topological polar surface area (TPSA) is 57.6 Å². The van der Waals surface area contributed by atoms with Gasteiger partial charge in [0.2, 0.25) is 10.0 Å². The van der Waals surface area contributed by atoms with Crippen LogP contribution >= 0.6 is 11.6 Å². The van der Waals surface area contributed by atoms with E-state index in [1.54, 1.807) is 6.92 Å². The summed E-state index contributed by atoms with van der Waals surface area (Å²) in [5.41, 5.74) is -0.178. The van der Waals surface area contributed by atoms with Gasteiger partial charge in [-0.3, -0.25) is 0 Å². The van der Waals surface area contributed by atoms with Crippen LogP contribution in [0.1, 0.15) is 12.5 Å². The molecule has 19 heavy (non-hydrogen) atoms. The zero-order valence-corrected chi connectivity index (χ0v) is 11.8. The summed E-state index contributed by atoms with van der Waals surface area (Å²) in [6, 6.07) is 2.18. The SMILES string of the molecule is C#CCN(CC)S(=O)(=O)c1cc(Cl)cc(CO)c1F. The predicted molar refractivity (Wildman–Crippen MR) is 70.6 cm³/mol. The molecule has 0 aromatic heterocycles. The first-order valence-electron chi connectivity index (χ1n) is 5.40. The first-order valence-corrected chi connectivity index (χ1v) is 7.22. The van der Waals surface area contributed by atoms with E-state index in [0.29, 0.717) is 0 Å². The van der Waals surface area contributed by atoms with E-state index in [9.17, 15) is 12.8 Å². The van der Waals surface area contributed by atoms with Gasteiger partial charge in [-0.15, -0.1) is 6.42 Å². The van der Waals surface area contributed by atoms with Crippen LogP contribution in [0.25, 0.3) is 0 Å². The van der Waals surface area contributed by atoms with Gasteiger partial charge in [-0.2, -0.15) is 4.31 Å². The van der Waals surface area contributed by atoms with Gasteiger partial charge >= 0.3 is 0 Å². The molecule has 0 radical (unpaired) electrons. The Labute approximate surface area is 116 Å². The van der Waals surface area contributed by atoms with E-state index in [4.69, 9.17) is 23.1 Å². The van der Waals surface area contributed by atoms with Gasteiger partial charge < -0.3 is 5.11 Å². The highest BCUT2D eigenvalue weighted by molar-refractivity contribution is 7.89. The average Bonchev–Trinajstić information content (AvgIpc) is 2.37. The average molecular weight is 306 g/mol. The second-order valence-corrected chi connectivity index (χ2v) is 6.01. The van der Waals surface area contributed by atoms with Gasteiger partial charge in [-0.1, -0.05) is 24.4 Å². The van der Waals surface area contributed by atoms with E-state index in [1.807, 2.05) is 0 Å². The first kappa shape index (κ1) is 15.9. The molecule has 1 aromatic rings. The molecule has 0 unspecified atom stereocenters. The van der Waals surface area contributed by atoms with Gasteiger partial charge in [0, 0.05) is 17.1 Å². The Kier molecular flexibility index (Phi) is 5.32. The molecule has 0 amide bonds. The van der Waals surface area contributed by atoms with Crippen molar-refractivity contribution in [3.05, 3.63) is 28.5 Å². The Balaban J connectivity index is 3.44. The Morgan fingerprint density at radius 2 is 2.16 bits per heavy atom. The fraction of sp³-hybridized carbons (Fsp3) is 0.333. The number of benzene rings is 1. The molecular weight excluding hydrogens is 293 g/mol. The number of sulfonamides is 1. The molecule has 0 spiro atoms. The monoisotopic (exact) mass is 305 g/mol. The summed E-state index contributed by atoms with van der Waals surface area (Å²) >= 11 is 5.73. The van der Waals surface area contributed by atoms with Crippen molar-refractivity contribution in [2.75, 3.05) is 13.1 Å². The van der Waals surface area contributed by atoms with Crippen LogP contribution in [0, 0.1) is 18.2 Å². The summed E-state index contributed by atoms with van der Waals surface area (Å²) in [7, 11) is -4.08. The van der Waals surface area contributed by atoms with Gasteiger partial charge in [0.25, 0.3) is 0 Å². The standard InChI is InChI=1S/C12H13ClFNO3S/c1-3-5-15(4-2)19(17,18)11-7-10(13)6-9(8-16)12(11)14/h1,6-7,16H,4-5,8H2,2H3. The largest absolute Gasteiger partial charge is 0.392 e. The lowest BCUT2D eigenvalue weighted by atomic mass is 10.2. The maximum absolute atomic E-state index is 14.0. The lowest BCUT2D eigenvalue weighted by Gasteiger charge is -2.19. The quantitative estimate of drug-likeness (QED) is 0.841. The number of terminal acetylenes is 1. The van der Waals surface area contributed by atoms with Crippen LogP contribution in [-0.4, -0.2) is 30.9 Å². The molecule has 0 heterocycles. The molecular formula is C12H13ClFNO3S. The number of hydrogen-bond donors (Lipinski definition) is 1. The summed E-state index contributed by atoms with van der Waals surface area (Å²) in [5, 5.41) is 9.02. The molecule has 7 heteroatoms. The maximum Gasteiger partial charge on any atom is 0.246 e. The second-order valence-electron chi connectivity index (χ2n) is 3.67. The van der Waals surface area contributed by atoms with Crippen molar-refractivity contribution in [1.82, 2.24) is 4.31 Å². The molecule has 0 saturated carbocycles. The molecule has 104 valence electrons. The number of nitrogens with zero attached hydrogens (tertiary/aromatic N) is 1. The van der Waals surface area contributed by atoms with Crippen molar-refractivity contribution in [2.24, 2.45) is 0 Å². The Bertz CT molecular complexity index is 610. The Morgan fingerprint density at radius 1 is 1.53 bits per heavy atom. The zero-order valence-electron chi connectivity index (χ0n) is 10.2. The van der Waals surface area contributed by atoms with Crippen LogP contribution in [0.3, 0.4) is 0 Å². The normalized spacial score (nSPS) is 11.6. The first-order chi connectivity index (χ1) is 8.88. The third-order valence-electron chi connectivity index (χ3n) is 2.49. The fourth-order valence-electron chi connectivity index (χ4n) is 1.53. The van der Waals surface area contributed by atoms with Gasteiger partial charge in [0.15, 0.2) is 0 Å². The van der Waals surface area contributed by atoms with Crippen LogP contribution in [0.4, 0.5) is 4.39 Å². The van der Waals surface area contributed by atoms with Crippen LogP contribution in [-0.2, 0) is 16.6 Å². The molecule has 4 nitrogen and oxygen atoms in total. The molecule has 0 aliphatic rings. The van der Waals surface area contributed by atoms with Crippen LogP contribution in [0.5, 0.6) is 0 Å². The number of rotatable bonds is 5. The summed E-state index contributed by atoms with van der Waals surface area (Å²) in [4.78, 5) is -0.582. The molecule has 1 rings (SSSR count). The maximum atomic E-state index is 14.0. The molecule has 0 bridgehead atoms. The lowest BCUT2D eigenvalue weighted by Crippen LogP contribution is -2.32. The smallest absolute Gasteiger partial charge is 0.246 e. The predicted octanol–water partition coefficient (Wildman–Crippen LogP) is 1.62. The Morgan fingerprint density at radius 3 is 2.63 bits per heavy atom. The van der Waals surface area contributed by atoms with E-state index in [1.165, 1.54) is 6.07 Å². The van der Waals surface area contributed by atoms with Crippen LogP contribution in [0.15, 0.2) is 17.0 Å². The van der Waals surface area contributed by atoms with E-state index < -0.39 is 27.3 Å². The van der Waals surface area contributed by atoms with Crippen LogP contribution < -0.4 is 0 Å². The summed E-state index contributed by atoms with van der Waals surface area (Å²) in [6.45, 7) is 0.882. The Hall–Kier alpha value is -1.13. The minimum Gasteiger partial charge on any atom is -0.392 e. The highest BCUT2D eigenvalue weighted by Crippen LogP contribution is 2.26. The third-order valence-corrected chi connectivity index (χ3v) is 4.63. The summed E-state index contributed by atoms with van der Waals surface area (Å²) in [6.07, 6.45) is 5.09. The van der Waals surface area contributed by atoms with Crippen molar-refractivity contribution in [3.8, 4) is 12.3 Å². The molecule has 0 atom stereocenters. The number of halogens is 2. The fourth-order valence-corrected chi connectivity index (χ4v) is 3.33. The van der Waals surface area contributed by atoms with Crippen molar-refractivity contribution in [1.29, 1.82) is 0 Å². The zero-order chi connectivity index (χ0) is 14.6. The van der Waals surface area contributed by atoms with Gasteiger partial charge in [-0.05, 0) is 12.1 Å². The van der Waals surface area contributed by atoms with Crippen LogP contribution in [0.2, 0.25) is 5.02 Å². The number of hydrogen-bond acceptors (Lipinski definition) is 3. The number of aliphatic hydroxyl groups excluding tert-OH is 1. The molecule has 0 aliphatic carbocycles. The molecule has 0 fully saturated rings. The number of aliphatic hydroxyl groups is 1. The minimum absolute atomic E-state index is 0.0285.